The van der Waals surface area contributed by atoms with Gasteiger partial charge < -0.3 is 16.0 Å². The Kier molecular flexibility index (Phi) is 4.80. The number of piperidine rings is 1. The van der Waals surface area contributed by atoms with Gasteiger partial charge in [-0.2, -0.15) is 0 Å². The first-order valence-electron chi connectivity index (χ1n) is 7.09. The molecule has 1 aromatic rings. The van der Waals surface area contributed by atoms with Crippen LogP contribution in [0.2, 0.25) is 0 Å². The molecule has 1 fully saturated rings. The molecule has 1 aliphatic heterocycles. The third-order valence-electron chi connectivity index (χ3n) is 3.61. The van der Waals surface area contributed by atoms with Crippen molar-refractivity contribution in [3.63, 3.8) is 0 Å². The largest absolute Gasteiger partial charge is 0.399 e. The molecule has 0 spiro atoms. The van der Waals surface area contributed by atoms with E-state index in [0.29, 0.717) is 17.3 Å². The Labute approximate surface area is 115 Å². The molecule has 4 heteroatoms. The molecule has 19 heavy (non-hydrogen) atoms. The van der Waals surface area contributed by atoms with Crippen LogP contribution in [0.4, 0.5) is 5.69 Å². The molecule has 0 saturated carbocycles. The van der Waals surface area contributed by atoms with E-state index in [-0.39, 0.29) is 5.91 Å². The molecule has 1 aromatic carbocycles. The van der Waals surface area contributed by atoms with Gasteiger partial charge in [0.1, 0.15) is 0 Å². The van der Waals surface area contributed by atoms with Gasteiger partial charge >= 0.3 is 0 Å². The molecule has 2 rings (SSSR count). The van der Waals surface area contributed by atoms with Crippen LogP contribution in [0.25, 0.3) is 0 Å². The first-order chi connectivity index (χ1) is 9.22. The maximum absolute atomic E-state index is 12.6. The number of nitrogen functional groups attached to an aromatic ring is 1. The third-order valence-corrected chi connectivity index (χ3v) is 3.61. The second-order valence-corrected chi connectivity index (χ2v) is 5.11. The second kappa shape index (κ2) is 6.57. The number of anilines is 1. The highest BCUT2D eigenvalue weighted by Crippen LogP contribution is 2.17. The van der Waals surface area contributed by atoms with Crippen molar-refractivity contribution in [1.82, 2.24) is 10.2 Å². The van der Waals surface area contributed by atoms with Crippen molar-refractivity contribution in [3.05, 3.63) is 29.8 Å². The predicted octanol–water partition coefficient (Wildman–Crippen LogP) is 1.87. The summed E-state index contributed by atoms with van der Waals surface area (Å²) in [6.45, 7) is 4.92. The minimum Gasteiger partial charge on any atom is -0.399 e. The van der Waals surface area contributed by atoms with Crippen molar-refractivity contribution in [2.45, 2.75) is 32.2 Å². The first kappa shape index (κ1) is 13.9. The van der Waals surface area contributed by atoms with E-state index in [2.05, 4.69) is 12.2 Å². The van der Waals surface area contributed by atoms with Crippen LogP contribution in [0.3, 0.4) is 0 Å². The highest BCUT2D eigenvalue weighted by atomic mass is 16.2. The van der Waals surface area contributed by atoms with Gasteiger partial charge in [-0.3, -0.25) is 4.79 Å². The second-order valence-electron chi connectivity index (χ2n) is 5.11. The van der Waals surface area contributed by atoms with Gasteiger partial charge in [-0.15, -0.1) is 0 Å². The summed E-state index contributed by atoms with van der Waals surface area (Å²) in [5.74, 6) is 0.112. The topological polar surface area (TPSA) is 58.4 Å². The molecular formula is C15H23N3O. The van der Waals surface area contributed by atoms with E-state index in [0.717, 1.165) is 38.9 Å². The van der Waals surface area contributed by atoms with Crippen molar-refractivity contribution < 1.29 is 4.79 Å². The molecule has 104 valence electrons. The molecule has 1 aliphatic rings. The Balaban J connectivity index is 2.15. The van der Waals surface area contributed by atoms with Crippen molar-refractivity contribution in [2.24, 2.45) is 0 Å². The number of benzene rings is 1. The Morgan fingerprint density at radius 1 is 1.42 bits per heavy atom. The maximum atomic E-state index is 12.6. The van der Waals surface area contributed by atoms with Crippen LogP contribution in [0.1, 0.15) is 36.5 Å². The van der Waals surface area contributed by atoms with Gasteiger partial charge in [0.25, 0.3) is 5.91 Å². The minimum absolute atomic E-state index is 0.112. The van der Waals surface area contributed by atoms with Gasteiger partial charge in [0, 0.05) is 23.8 Å². The van der Waals surface area contributed by atoms with E-state index in [4.69, 9.17) is 5.73 Å². The Bertz CT molecular complexity index is 427. The molecule has 0 aromatic heterocycles. The Morgan fingerprint density at radius 3 is 2.79 bits per heavy atom. The molecule has 0 aliphatic carbocycles. The van der Waals surface area contributed by atoms with E-state index in [1.54, 1.807) is 6.07 Å². The fourth-order valence-electron chi connectivity index (χ4n) is 2.65. The maximum Gasteiger partial charge on any atom is 0.254 e. The van der Waals surface area contributed by atoms with Crippen LogP contribution >= 0.6 is 0 Å². The smallest absolute Gasteiger partial charge is 0.254 e. The SMILES string of the molecule is CCCN(C(=O)c1cccc(N)c1)C1CCNCC1. The van der Waals surface area contributed by atoms with Crippen molar-refractivity contribution >= 4 is 11.6 Å². The molecule has 3 N–H and O–H groups in total. The fourth-order valence-corrected chi connectivity index (χ4v) is 2.65. The lowest BCUT2D eigenvalue weighted by Gasteiger charge is -2.34. The molecule has 1 amide bonds. The van der Waals surface area contributed by atoms with Crippen LogP contribution in [0.15, 0.2) is 24.3 Å². The van der Waals surface area contributed by atoms with Gasteiger partial charge in [0.15, 0.2) is 0 Å². The fraction of sp³-hybridized carbons (Fsp3) is 0.533. The van der Waals surface area contributed by atoms with Crippen LogP contribution in [-0.2, 0) is 0 Å². The Hall–Kier alpha value is -1.55. The summed E-state index contributed by atoms with van der Waals surface area (Å²) in [5, 5.41) is 3.34. The first-order valence-corrected chi connectivity index (χ1v) is 7.09. The van der Waals surface area contributed by atoms with Crippen molar-refractivity contribution in [1.29, 1.82) is 0 Å². The molecule has 4 nitrogen and oxygen atoms in total. The zero-order valence-electron chi connectivity index (χ0n) is 11.6. The number of nitrogens with one attached hydrogen (secondary N) is 1. The Morgan fingerprint density at radius 2 is 2.16 bits per heavy atom. The van der Waals surface area contributed by atoms with E-state index < -0.39 is 0 Å². The van der Waals surface area contributed by atoms with Gasteiger partial charge in [-0.1, -0.05) is 13.0 Å². The number of amides is 1. The summed E-state index contributed by atoms with van der Waals surface area (Å²) < 4.78 is 0. The number of nitrogens with two attached hydrogens (primary N) is 1. The summed E-state index contributed by atoms with van der Waals surface area (Å²) in [7, 11) is 0. The van der Waals surface area contributed by atoms with Crippen LogP contribution < -0.4 is 11.1 Å². The summed E-state index contributed by atoms with van der Waals surface area (Å²) in [5.41, 5.74) is 7.12. The van der Waals surface area contributed by atoms with Crippen LogP contribution in [-0.4, -0.2) is 36.5 Å². The van der Waals surface area contributed by atoms with Crippen molar-refractivity contribution in [2.75, 3.05) is 25.4 Å². The number of nitrogens with zero attached hydrogens (tertiary/aromatic N) is 1. The van der Waals surface area contributed by atoms with E-state index in [1.165, 1.54) is 0 Å². The quantitative estimate of drug-likeness (QED) is 0.814. The van der Waals surface area contributed by atoms with E-state index >= 15 is 0 Å². The number of rotatable bonds is 4. The van der Waals surface area contributed by atoms with Crippen molar-refractivity contribution in [3.8, 4) is 0 Å². The van der Waals surface area contributed by atoms with Gasteiger partial charge in [0.2, 0.25) is 0 Å². The van der Waals surface area contributed by atoms with E-state index in [9.17, 15) is 4.79 Å². The monoisotopic (exact) mass is 261 g/mol. The molecule has 0 bridgehead atoms. The van der Waals surface area contributed by atoms with Crippen LogP contribution in [0.5, 0.6) is 0 Å². The average molecular weight is 261 g/mol. The molecule has 1 saturated heterocycles. The zero-order valence-corrected chi connectivity index (χ0v) is 11.6. The number of carbonyl (C=O) groups is 1. The van der Waals surface area contributed by atoms with E-state index in [1.807, 2.05) is 23.1 Å². The number of hydrogen-bond acceptors (Lipinski definition) is 3. The summed E-state index contributed by atoms with van der Waals surface area (Å²) in [4.78, 5) is 14.7. The number of hydrogen-bond donors (Lipinski definition) is 2. The van der Waals surface area contributed by atoms with Gasteiger partial charge in [0.05, 0.1) is 0 Å². The normalized spacial score (nSPS) is 16.3. The highest BCUT2D eigenvalue weighted by Gasteiger charge is 2.25. The number of carbonyl (C=O) groups excluding carboxylic acids is 1. The predicted molar refractivity (Wildman–Crippen MR) is 78.1 cm³/mol. The molecule has 1 heterocycles. The summed E-state index contributed by atoms with van der Waals surface area (Å²) in [6, 6.07) is 7.63. The summed E-state index contributed by atoms with van der Waals surface area (Å²) >= 11 is 0. The van der Waals surface area contributed by atoms with Gasteiger partial charge in [-0.25, -0.2) is 0 Å². The lowest BCUT2D eigenvalue weighted by molar-refractivity contribution is 0.0642. The third kappa shape index (κ3) is 3.47. The molecule has 0 atom stereocenters. The molecule has 0 radical (unpaired) electrons. The standard InChI is InChI=1S/C15H23N3O/c1-2-10-18(14-6-8-17-9-7-14)15(19)12-4-3-5-13(16)11-12/h3-5,11,14,17H,2,6-10,16H2,1H3. The lowest BCUT2D eigenvalue weighted by Crippen LogP contribution is -2.46. The zero-order chi connectivity index (χ0) is 13.7. The molecule has 0 unspecified atom stereocenters. The summed E-state index contributed by atoms with van der Waals surface area (Å²) in [6.07, 6.45) is 3.06. The lowest BCUT2D eigenvalue weighted by atomic mass is 10.0. The highest BCUT2D eigenvalue weighted by molar-refractivity contribution is 5.95. The minimum atomic E-state index is 0.112. The van der Waals surface area contributed by atoms with Gasteiger partial charge in [-0.05, 0) is 50.6 Å². The molecular weight excluding hydrogens is 238 g/mol. The average Bonchev–Trinajstić information content (AvgIpc) is 2.45. The van der Waals surface area contributed by atoms with Crippen LogP contribution in [0, 0.1) is 0 Å².